The van der Waals surface area contributed by atoms with Crippen LogP contribution >= 0.6 is 0 Å². The highest BCUT2D eigenvalue weighted by atomic mass is 16.5. The fourth-order valence-electron chi connectivity index (χ4n) is 3.97. The second-order valence-corrected chi connectivity index (χ2v) is 7.74. The molecular formula is C24H25NO4. The summed E-state index contributed by atoms with van der Waals surface area (Å²) in [6, 6.07) is 12.1. The highest BCUT2D eigenvalue weighted by Crippen LogP contribution is 2.29. The quantitative estimate of drug-likeness (QED) is 0.658. The zero-order chi connectivity index (χ0) is 20.4. The number of fused-ring (bicyclic) bond motifs is 2. The Bertz CT molecular complexity index is 1070. The number of aryl methyl sites for hydroxylation is 3. The lowest BCUT2D eigenvalue weighted by atomic mass is 9.88. The molecule has 1 aliphatic rings. The number of furan rings is 1. The Morgan fingerprint density at radius 2 is 1.97 bits per heavy atom. The van der Waals surface area contributed by atoms with E-state index in [1.165, 1.54) is 5.56 Å². The maximum Gasteiger partial charge on any atom is 0.310 e. The molecule has 0 bridgehead atoms. The predicted octanol–water partition coefficient (Wildman–Crippen LogP) is 4.33. The Morgan fingerprint density at radius 3 is 2.83 bits per heavy atom. The van der Waals surface area contributed by atoms with Crippen LogP contribution < -0.4 is 5.32 Å². The molecule has 5 nitrogen and oxygen atoms in total. The van der Waals surface area contributed by atoms with E-state index in [2.05, 4.69) is 17.4 Å². The van der Waals surface area contributed by atoms with E-state index in [9.17, 15) is 9.59 Å². The Hall–Kier alpha value is -3.08. The Kier molecular flexibility index (Phi) is 5.38. The van der Waals surface area contributed by atoms with Crippen LogP contribution in [0.5, 0.6) is 0 Å². The molecule has 0 aliphatic heterocycles. The third-order valence-electron chi connectivity index (χ3n) is 5.67. The molecule has 3 aromatic rings. The molecule has 0 spiro atoms. The molecule has 5 heteroatoms. The van der Waals surface area contributed by atoms with Crippen molar-refractivity contribution in [2.24, 2.45) is 0 Å². The lowest BCUT2D eigenvalue weighted by molar-refractivity contribution is -0.148. The second-order valence-electron chi connectivity index (χ2n) is 7.74. The maximum atomic E-state index is 12.3. The van der Waals surface area contributed by atoms with Crippen LogP contribution in [0.25, 0.3) is 11.0 Å². The number of esters is 1. The van der Waals surface area contributed by atoms with Crippen molar-refractivity contribution in [3.05, 3.63) is 70.5 Å². The van der Waals surface area contributed by atoms with Gasteiger partial charge in [0.25, 0.3) is 5.91 Å². The highest BCUT2D eigenvalue weighted by Gasteiger charge is 2.22. The van der Waals surface area contributed by atoms with Gasteiger partial charge in [-0.3, -0.25) is 9.59 Å². The first kappa shape index (κ1) is 19.2. The van der Waals surface area contributed by atoms with Gasteiger partial charge in [0.05, 0.1) is 18.7 Å². The lowest BCUT2D eigenvalue weighted by Crippen LogP contribution is -2.34. The largest absolute Gasteiger partial charge is 0.464 e. The van der Waals surface area contributed by atoms with Gasteiger partial charge in [0.2, 0.25) is 0 Å². The van der Waals surface area contributed by atoms with E-state index in [4.69, 9.17) is 9.15 Å². The van der Waals surface area contributed by atoms with Gasteiger partial charge in [-0.2, -0.15) is 0 Å². The summed E-state index contributed by atoms with van der Waals surface area (Å²) < 4.78 is 10.8. The number of carbonyl (C=O) groups is 2. The van der Waals surface area contributed by atoms with Gasteiger partial charge in [-0.15, -0.1) is 0 Å². The summed E-state index contributed by atoms with van der Waals surface area (Å²) in [6.45, 7) is 3.78. The lowest BCUT2D eigenvalue weighted by Gasteiger charge is -2.26. The van der Waals surface area contributed by atoms with E-state index in [1.807, 2.05) is 38.1 Å². The third-order valence-corrected chi connectivity index (χ3v) is 5.67. The van der Waals surface area contributed by atoms with E-state index in [0.29, 0.717) is 0 Å². The van der Waals surface area contributed by atoms with Crippen LogP contribution in [0.15, 0.2) is 47.1 Å². The molecule has 1 N–H and O–H groups in total. The molecule has 0 saturated carbocycles. The van der Waals surface area contributed by atoms with Crippen molar-refractivity contribution in [3.63, 3.8) is 0 Å². The fraction of sp³-hybridized carbons (Fsp3) is 0.333. The molecular weight excluding hydrogens is 366 g/mol. The maximum absolute atomic E-state index is 12.3. The SMILES string of the molecule is Cc1cc2occ(CC(=O)OCC(=O)N[C@H]3CCCc4ccccc43)c2cc1C. The van der Waals surface area contributed by atoms with E-state index in [1.54, 1.807) is 6.26 Å². The van der Waals surface area contributed by atoms with Crippen LogP contribution in [0.4, 0.5) is 0 Å². The fourth-order valence-corrected chi connectivity index (χ4v) is 3.97. The number of nitrogens with one attached hydrogen (secondary N) is 1. The summed E-state index contributed by atoms with van der Waals surface area (Å²) in [5.74, 6) is -0.714. The zero-order valence-electron chi connectivity index (χ0n) is 16.8. The monoisotopic (exact) mass is 391 g/mol. The Labute approximate surface area is 170 Å². The standard InChI is InChI=1S/C24H25NO4/c1-15-10-20-18(13-28-22(20)11-16(15)2)12-24(27)29-14-23(26)25-21-9-5-7-17-6-3-4-8-19(17)21/h3-4,6,8,10-11,13,21H,5,7,9,12,14H2,1-2H3,(H,25,26)/t21-/m0/s1. The van der Waals surface area contributed by atoms with Crippen molar-refractivity contribution in [1.29, 1.82) is 0 Å². The van der Waals surface area contributed by atoms with Gasteiger partial charge >= 0.3 is 5.97 Å². The summed E-state index contributed by atoms with van der Waals surface area (Å²) in [4.78, 5) is 24.6. The molecule has 1 aliphatic carbocycles. The molecule has 1 atom stereocenters. The predicted molar refractivity (Wildman–Crippen MR) is 111 cm³/mol. The van der Waals surface area contributed by atoms with Gasteiger partial charge in [-0.25, -0.2) is 0 Å². The summed E-state index contributed by atoms with van der Waals surface area (Å²) in [5.41, 5.74) is 6.24. The van der Waals surface area contributed by atoms with Gasteiger partial charge in [0.1, 0.15) is 5.58 Å². The molecule has 0 radical (unpaired) electrons. The van der Waals surface area contributed by atoms with E-state index in [-0.39, 0.29) is 25.0 Å². The number of hydrogen-bond donors (Lipinski definition) is 1. The van der Waals surface area contributed by atoms with Crippen LogP contribution in [0, 0.1) is 13.8 Å². The minimum Gasteiger partial charge on any atom is -0.464 e. The van der Waals surface area contributed by atoms with E-state index in [0.717, 1.165) is 52.5 Å². The first-order chi connectivity index (χ1) is 14.0. The average molecular weight is 391 g/mol. The van der Waals surface area contributed by atoms with Crippen LogP contribution in [-0.2, 0) is 27.2 Å². The van der Waals surface area contributed by atoms with Gasteiger partial charge < -0.3 is 14.5 Å². The number of hydrogen-bond acceptors (Lipinski definition) is 4. The van der Waals surface area contributed by atoms with Crippen molar-refractivity contribution in [1.82, 2.24) is 5.32 Å². The molecule has 29 heavy (non-hydrogen) atoms. The number of carbonyl (C=O) groups excluding carboxylic acids is 2. The molecule has 4 rings (SSSR count). The first-order valence-electron chi connectivity index (χ1n) is 10.0. The molecule has 150 valence electrons. The van der Waals surface area contributed by atoms with Gasteiger partial charge in [0.15, 0.2) is 6.61 Å². The average Bonchev–Trinajstić information content (AvgIpc) is 3.08. The third kappa shape index (κ3) is 4.19. The smallest absolute Gasteiger partial charge is 0.310 e. The Morgan fingerprint density at radius 1 is 1.17 bits per heavy atom. The first-order valence-corrected chi connectivity index (χ1v) is 10.0. The van der Waals surface area contributed by atoms with Crippen LogP contribution in [0.2, 0.25) is 0 Å². The summed E-state index contributed by atoms with van der Waals surface area (Å²) in [5, 5.41) is 3.91. The topological polar surface area (TPSA) is 68.5 Å². The van der Waals surface area contributed by atoms with Crippen molar-refractivity contribution < 1.29 is 18.7 Å². The minimum absolute atomic E-state index is 0.0183. The zero-order valence-corrected chi connectivity index (χ0v) is 16.8. The molecule has 1 aromatic heterocycles. The molecule has 1 heterocycles. The molecule has 0 fully saturated rings. The number of benzene rings is 2. The van der Waals surface area contributed by atoms with Gasteiger partial charge in [-0.1, -0.05) is 24.3 Å². The van der Waals surface area contributed by atoms with Gasteiger partial charge in [-0.05, 0) is 67.5 Å². The number of rotatable bonds is 5. The Balaban J connectivity index is 1.33. The van der Waals surface area contributed by atoms with Crippen molar-refractivity contribution >= 4 is 22.8 Å². The molecule has 2 aromatic carbocycles. The molecule has 0 saturated heterocycles. The minimum atomic E-state index is -0.440. The van der Waals surface area contributed by atoms with Crippen LogP contribution in [0.1, 0.15) is 46.7 Å². The van der Waals surface area contributed by atoms with Crippen molar-refractivity contribution in [2.75, 3.05) is 6.61 Å². The summed E-state index contributed by atoms with van der Waals surface area (Å²) >= 11 is 0. The molecule has 1 amide bonds. The number of amides is 1. The summed E-state index contributed by atoms with van der Waals surface area (Å²) in [6.07, 6.45) is 4.64. The van der Waals surface area contributed by atoms with Crippen molar-refractivity contribution in [3.8, 4) is 0 Å². The molecule has 0 unspecified atom stereocenters. The van der Waals surface area contributed by atoms with E-state index >= 15 is 0 Å². The normalized spacial score (nSPS) is 15.7. The van der Waals surface area contributed by atoms with Crippen LogP contribution in [-0.4, -0.2) is 18.5 Å². The number of ether oxygens (including phenoxy) is 1. The van der Waals surface area contributed by atoms with Gasteiger partial charge in [0, 0.05) is 10.9 Å². The van der Waals surface area contributed by atoms with Crippen LogP contribution in [0.3, 0.4) is 0 Å². The van der Waals surface area contributed by atoms with Crippen molar-refractivity contribution in [2.45, 2.75) is 45.6 Å². The highest BCUT2D eigenvalue weighted by molar-refractivity contribution is 5.87. The van der Waals surface area contributed by atoms with E-state index < -0.39 is 5.97 Å². The summed E-state index contributed by atoms with van der Waals surface area (Å²) in [7, 11) is 0. The second kappa shape index (κ2) is 8.11.